The maximum atomic E-state index is 13.9. The lowest BCUT2D eigenvalue weighted by atomic mass is 10.1. The zero-order valence-electron chi connectivity index (χ0n) is 15.7. The topological polar surface area (TPSA) is 81.5 Å². The van der Waals surface area contributed by atoms with Crippen molar-refractivity contribution in [3.8, 4) is 22.9 Å². The second kappa shape index (κ2) is 8.16. The number of carboxylic acid groups (broad SMARTS) is 1. The number of ether oxygens (including phenoxy) is 2. The van der Waals surface area contributed by atoms with E-state index in [1.54, 1.807) is 18.3 Å². The van der Waals surface area contributed by atoms with Gasteiger partial charge in [0.2, 0.25) is 5.88 Å². The van der Waals surface area contributed by atoms with E-state index in [0.29, 0.717) is 35.4 Å². The highest BCUT2D eigenvalue weighted by molar-refractivity contribution is 7.06. The van der Waals surface area contributed by atoms with E-state index in [2.05, 4.69) is 9.36 Å². The predicted octanol–water partition coefficient (Wildman–Crippen LogP) is 4.97. The van der Waals surface area contributed by atoms with Crippen molar-refractivity contribution >= 4 is 17.5 Å². The number of carboxylic acids is 1. The molecule has 1 N–H and O–H groups in total. The van der Waals surface area contributed by atoms with Crippen molar-refractivity contribution in [1.82, 2.24) is 9.36 Å². The molecule has 1 aliphatic rings. The number of hydrogen-bond donors (Lipinski definition) is 1. The summed E-state index contributed by atoms with van der Waals surface area (Å²) in [5, 5.41) is 8.94. The third-order valence-electron chi connectivity index (χ3n) is 4.61. The highest BCUT2D eigenvalue weighted by Crippen LogP contribution is 2.31. The van der Waals surface area contributed by atoms with Crippen LogP contribution < -0.4 is 9.47 Å². The molecular formula is C21H19FN2O4S. The van der Waals surface area contributed by atoms with E-state index in [4.69, 9.17) is 14.6 Å². The molecule has 1 aliphatic carbocycles. The van der Waals surface area contributed by atoms with Crippen molar-refractivity contribution in [2.24, 2.45) is 5.92 Å². The maximum Gasteiger partial charge on any atom is 0.338 e. The predicted molar refractivity (Wildman–Crippen MR) is 106 cm³/mol. The first-order valence-electron chi connectivity index (χ1n) is 9.25. The number of benzene rings is 1. The van der Waals surface area contributed by atoms with Crippen LogP contribution in [0.5, 0.6) is 11.6 Å². The Kier molecular flexibility index (Phi) is 5.44. The Morgan fingerprint density at radius 2 is 2.14 bits per heavy atom. The zero-order chi connectivity index (χ0) is 20.4. The van der Waals surface area contributed by atoms with Crippen molar-refractivity contribution in [2.45, 2.75) is 25.9 Å². The molecule has 0 spiro atoms. The number of carbonyl (C=O) groups is 1. The quantitative estimate of drug-likeness (QED) is 0.560. The fourth-order valence-corrected chi connectivity index (χ4v) is 3.46. The monoisotopic (exact) mass is 414 g/mol. The van der Waals surface area contributed by atoms with E-state index in [1.807, 2.05) is 19.1 Å². The molecule has 1 aromatic carbocycles. The standard InChI is InChI=1S/C21H19FN2O4S/c1-12(28-15-5-7-20(23-10-15)27-11-13-2-3-13)19-9-18(24-29-19)14-4-6-16(21(25)26)17(22)8-14/h4-10,12-13H,2-3,11H2,1H3,(H,25,26)/t12-/m1/s1. The molecule has 0 bridgehead atoms. The largest absolute Gasteiger partial charge is 0.484 e. The summed E-state index contributed by atoms with van der Waals surface area (Å²) in [7, 11) is 0. The second-order valence-electron chi connectivity index (χ2n) is 6.96. The number of aromatic nitrogens is 2. The van der Waals surface area contributed by atoms with Crippen LogP contribution in [0.1, 0.15) is 41.1 Å². The van der Waals surface area contributed by atoms with Crippen molar-refractivity contribution in [3.63, 3.8) is 0 Å². The SMILES string of the molecule is C[C@@H](Oc1ccc(OCC2CC2)nc1)c1cc(-c2ccc(C(=O)O)c(F)c2)ns1. The summed E-state index contributed by atoms with van der Waals surface area (Å²) in [6.07, 6.45) is 3.81. The van der Waals surface area contributed by atoms with Crippen LogP contribution >= 0.6 is 11.5 Å². The van der Waals surface area contributed by atoms with Crippen molar-refractivity contribution < 1.29 is 23.8 Å². The van der Waals surface area contributed by atoms with Crippen LogP contribution in [0.25, 0.3) is 11.3 Å². The molecule has 1 fully saturated rings. The lowest BCUT2D eigenvalue weighted by Crippen LogP contribution is -2.03. The van der Waals surface area contributed by atoms with Gasteiger partial charge in [-0.15, -0.1) is 0 Å². The fraction of sp³-hybridized carbons (Fsp3) is 0.286. The number of aromatic carboxylic acids is 1. The van der Waals surface area contributed by atoms with E-state index < -0.39 is 11.8 Å². The Hall–Kier alpha value is -3.00. The highest BCUT2D eigenvalue weighted by atomic mass is 32.1. The number of nitrogens with zero attached hydrogens (tertiary/aromatic N) is 2. The van der Waals surface area contributed by atoms with Crippen LogP contribution in [0.15, 0.2) is 42.6 Å². The van der Waals surface area contributed by atoms with Crippen LogP contribution in [-0.2, 0) is 0 Å². The van der Waals surface area contributed by atoms with Gasteiger partial charge in [0, 0.05) is 11.6 Å². The fourth-order valence-electron chi connectivity index (χ4n) is 2.74. The van der Waals surface area contributed by atoms with Gasteiger partial charge in [-0.05, 0) is 61.5 Å². The van der Waals surface area contributed by atoms with Gasteiger partial charge < -0.3 is 14.6 Å². The lowest BCUT2D eigenvalue weighted by molar-refractivity contribution is 0.0692. The third kappa shape index (κ3) is 4.71. The van der Waals surface area contributed by atoms with Crippen LogP contribution in [0.4, 0.5) is 4.39 Å². The molecule has 1 atom stereocenters. The van der Waals surface area contributed by atoms with Crippen molar-refractivity contribution in [1.29, 1.82) is 0 Å². The third-order valence-corrected chi connectivity index (χ3v) is 5.56. The summed E-state index contributed by atoms with van der Waals surface area (Å²) >= 11 is 1.25. The molecule has 0 amide bonds. The Labute approximate surface area is 171 Å². The smallest absolute Gasteiger partial charge is 0.338 e. The molecule has 4 rings (SSSR count). The second-order valence-corrected chi connectivity index (χ2v) is 7.80. The number of rotatable bonds is 8. The minimum atomic E-state index is -1.30. The summed E-state index contributed by atoms with van der Waals surface area (Å²) < 4.78 is 29.8. The summed E-state index contributed by atoms with van der Waals surface area (Å²) in [6.45, 7) is 2.60. The minimum Gasteiger partial charge on any atom is -0.484 e. The van der Waals surface area contributed by atoms with E-state index in [1.165, 1.54) is 36.5 Å². The van der Waals surface area contributed by atoms with E-state index in [-0.39, 0.29) is 11.7 Å². The first kappa shape index (κ1) is 19.3. The van der Waals surface area contributed by atoms with Crippen molar-refractivity contribution in [3.05, 3.63) is 58.9 Å². The molecule has 2 heterocycles. The summed E-state index contributed by atoms with van der Waals surface area (Å²) in [5.41, 5.74) is 0.720. The number of pyridine rings is 1. The molecule has 0 unspecified atom stereocenters. The summed E-state index contributed by atoms with van der Waals surface area (Å²) in [6, 6.07) is 9.37. The Morgan fingerprint density at radius 1 is 1.31 bits per heavy atom. The maximum absolute atomic E-state index is 13.9. The van der Waals surface area contributed by atoms with E-state index in [9.17, 15) is 9.18 Å². The van der Waals surface area contributed by atoms with Gasteiger partial charge in [-0.2, -0.15) is 4.37 Å². The molecule has 2 aromatic heterocycles. The molecule has 1 saturated carbocycles. The average Bonchev–Trinajstić information content (AvgIpc) is 3.40. The Bertz CT molecular complexity index is 1020. The van der Waals surface area contributed by atoms with Crippen LogP contribution in [-0.4, -0.2) is 27.0 Å². The molecule has 6 nitrogen and oxygen atoms in total. The van der Waals surface area contributed by atoms with Crippen LogP contribution in [0.3, 0.4) is 0 Å². The normalized spacial score (nSPS) is 14.4. The molecule has 150 valence electrons. The number of hydrogen-bond acceptors (Lipinski definition) is 6. The summed E-state index contributed by atoms with van der Waals surface area (Å²) in [4.78, 5) is 16.1. The average molecular weight is 414 g/mol. The van der Waals surface area contributed by atoms with Crippen LogP contribution in [0, 0.1) is 11.7 Å². The van der Waals surface area contributed by atoms with Crippen LogP contribution in [0.2, 0.25) is 0 Å². The number of halogens is 1. The molecule has 0 saturated heterocycles. The van der Waals surface area contributed by atoms with Gasteiger partial charge in [-0.1, -0.05) is 6.07 Å². The van der Waals surface area contributed by atoms with E-state index in [0.717, 1.165) is 4.88 Å². The summed E-state index contributed by atoms with van der Waals surface area (Å²) in [5.74, 6) is -0.217. The first-order valence-corrected chi connectivity index (χ1v) is 10.0. The van der Waals surface area contributed by atoms with Gasteiger partial charge in [0.05, 0.1) is 28.9 Å². The van der Waals surface area contributed by atoms with Gasteiger partial charge in [0.1, 0.15) is 17.7 Å². The first-order chi connectivity index (χ1) is 14.0. The Balaban J connectivity index is 1.40. The van der Waals surface area contributed by atoms with Gasteiger partial charge in [0.25, 0.3) is 0 Å². The van der Waals surface area contributed by atoms with E-state index >= 15 is 0 Å². The Morgan fingerprint density at radius 3 is 2.79 bits per heavy atom. The molecule has 0 radical (unpaired) electrons. The minimum absolute atomic E-state index is 0.274. The van der Waals surface area contributed by atoms with Gasteiger partial charge in [-0.3, -0.25) is 0 Å². The highest BCUT2D eigenvalue weighted by Gasteiger charge is 2.22. The molecular weight excluding hydrogens is 395 g/mol. The molecule has 8 heteroatoms. The van der Waals surface area contributed by atoms with Gasteiger partial charge in [0.15, 0.2) is 0 Å². The molecule has 0 aliphatic heterocycles. The van der Waals surface area contributed by atoms with Gasteiger partial charge >= 0.3 is 5.97 Å². The molecule has 29 heavy (non-hydrogen) atoms. The van der Waals surface area contributed by atoms with Crippen molar-refractivity contribution in [2.75, 3.05) is 6.61 Å². The zero-order valence-corrected chi connectivity index (χ0v) is 16.5. The lowest BCUT2D eigenvalue weighted by Gasteiger charge is -2.12. The molecule has 3 aromatic rings. The van der Waals surface area contributed by atoms with Gasteiger partial charge in [-0.25, -0.2) is 14.2 Å².